The molecule has 1 N–H and O–H groups in total. The number of hydrogen-bond acceptors (Lipinski definition) is 4. The van der Waals surface area contributed by atoms with Crippen LogP contribution in [0.25, 0.3) is 0 Å². The highest BCUT2D eigenvalue weighted by molar-refractivity contribution is 7.72. The Labute approximate surface area is 432 Å². The lowest BCUT2D eigenvalue weighted by Gasteiger charge is -2.47. The molecule has 0 amide bonds. The van der Waals surface area contributed by atoms with E-state index < -0.39 is 15.8 Å². The summed E-state index contributed by atoms with van der Waals surface area (Å²) in [5.74, 6) is 2.12. The predicted molar refractivity (Wildman–Crippen MR) is 308 cm³/mol. The van der Waals surface area contributed by atoms with Crippen molar-refractivity contribution in [2.75, 3.05) is 26.6 Å². The monoisotopic (exact) mass is 990 g/mol. The first-order valence-corrected chi connectivity index (χ1v) is 29.4. The average molecular weight is 990 g/mol. The topological polar surface area (TPSA) is 39.7 Å². The van der Waals surface area contributed by atoms with E-state index in [9.17, 15) is 0 Å². The van der Waals surface area contributed by atoms with E-state index in [1.54, 1.807) is 0 Å². The van der Waals surface area contributed by atoms with Crippen molar-refractivity contribution >= 4 is 37.1 Å². The molecule has 6 aromatic carbocycles. The Bertz CT molecular complexity index is 2560. The van der Waals surface area contributed by atoms with Gasteiger partial charge in [0.1, 0.15) is 18.1 Å². The molecule has 6 heteroatoms. The average Bonchev–Trinajstić information content (AvgIpc) is 3.32. The van der Waals surface area contributed by atoms with Gasteiger partial charge in [0.2, 0.25) is 0 Å². The van der Waals surface area contributed by atoms with Crippen LogP contribution in [0.1, 0.15) is 139 Å². The van der Waals surface area contributed by atoms with Gasteiger partial charge >= 0.3 is 0 Å². The van der Waals surface area contributed by atoms with Gasteiger partial charge in [-0.15, -0.1) is 0 Å². The molecule has 0 aromatic heterocycles. The van der Waals surface area contributed by atoms with Gasteiger partial charge in [0.15, 0.2) is 0 Å². The zero-order chi connectivity index (χ0) is 51.0. The lowest BCUT2D eigenvalue weighted by atomic mass is 9.61. The van der Waals surface area contributed by atoms with E-state index in [-0.39, 0.29) is 21.7 Å². The van der Waals surface area contributed by atoms with Crippen LogP contribution in [0.3, 0.4) is 0 Å². The molecule has 0 aliphatic heterocycles. The Morgan fingerprint density at radius 1 is 0.535 bits per heavy atom. The van der Waals surface area contributed by atoms with Crippen LogP contribution in [-0.4, -0.2) is 32.6 Å². The summed E-state index contributed by atoms with van der Waals surface area (Å²) in [5.41, 5.74) is 11.0. The number of nitrogens with one attached hydrogen (secondary N) is 1. The highest BCUT2D eigenvalue weighted by atomic mass is 31.1. The fraction of sp³-hybridized carbons (Fsp3) is 0.446. The molecule has 0 bridgehead atoms. The first-order chi connectivity index (χ1) is 33.7. The van der Waals surface area contributed by atoms with Gasteiger partial charge in [-0.1, -0.05) is 196 Å². The minimum atomic E-state index is -0.584. The summed E-state index contributed by atoms with van der Waals surface area (Å²) in [6, 6.07) is 49.5. The third-order valence-corrected chi connectivity index (χ3v) is 19.8. The zero-order valence-electron chi connectivity index (χ0n) is 45.7. The van der Waals surface area contributed by atoms with Gasteiger partial charge in [-0.05, 0) is 152 Å². The van der Waals surface area contributed by atoms with Crippen molar-refractivity contribution in [3.63, 3.8) is 0 Å². The summed E-state index contributed by atoms with van der Waals surface area (Å²) < 4.78 is 20.1. The van der Waals surface area contributed by atoms with Gasteiger partial charge < -0.3 is 14.2 Å². The maximum Gasteiger partial charge on any atom is 0.126 e. The van der Waals surface area contributed by atoms with Crippen LogP contribution in [0.5, 0.6) is 11.5 Å². The summed E-state index contributed by atoms with van der Waals surface area (Å²) in [4.78, 5) is 0. The Hall–Kier alpha value is -4.30. The molecule has 2 atom stereocenters. The maximum atomic E-state index is 6.99. The number of benzene rings is 6. The molecular weight excluding hydrogens is 905 g/mol. The molecule has 7 rings (SSSR count). The molecule has 6 aromatic rings. The van der Waals surface area contributed by atoms with Crippen molar-refractivity contribution in [2.45, 2.75) is 151 Å². The third kappa shape index (κ3) is 14.3. The normalized spacial score (nSPS) is 17.2. The minimum absolute atomic E-state index is 0.0337. The number of rotatable bonds is 20. The van der Waals surface area contributed by atoms with E-state index in [1.807, 2.05) is 0 Å². The highest BCUT2D eigenvalue weighted by Gasteiger charge is 2.41. The van der Waals surface area contributed by atoms with Crippen molar-refractivity contribution in [2.24, 2.45) is 10.8 Å². The van der Waals surface area contributed by atoms with Gasteiger partial charge in [-0.2, -0.15) is 0 Å². The fourth-order valence-corrected chi connectivity index (χ4v) is 16.5. The first kappa shape index (κ1) is 54.5. The maximum absolute atomic E-state index is 6.99. The number of aryl methyl sites for hydroxylation is 2. The highest BCUT2D eigenvalue weighted by Crippen LogP contribution is 2.50. The van der Waals surface area contributed by atoms with Crippen molar-refractivity contribution in [3.8, 4) is 11.5 Å². The van der Waals surface area contributed by atoms with Crippen LogP contribution in [0, 0.1) is 38.5 Å². The lowest BCUT2D eigenvalue weighted by Crippen LogP contribution is -2.45. The SMILES string of the molecule is Cc1cc(C(C)(C)C)c(OCCCC2(C)CC(NCOCCOc3c(C(C)(C)C)cc(C)c(CP(c4ccccc4)c4ccccc4)c3C)CC(C)(C)C2)c(C)c1CP(c1ccccc1)c1ccccc1. The summed E-state index contributed by atoms with van der Waals surface area (Å²) in [5, 5.41) is 9.47. The summed E-state index contributed by atoms with van der Waals surface area (Å²) >= 11 is 0. The van der Waals surface area contributed by atoms with Gasteiger partial charge in [0.05, 0.1) is 19.9 Å². The third-order valence-electron chi connectivity index (χ3n) is 14.8. The van der Waals surface area contributed by atoms with Crippen LogP contribution < -0.4 is 36.0 Å². The Morgan fingerprint density at radius 3 is 1.32 bits per heavy atom. The lowest BCUT2D eigenvalue weighted by molar-refractivity contribution is 0.0301. The quantitative estimate of drug-likeness (QED) is 0.0470. The van der Waals surface area contributed by atoms with Crippen molar-refractivity contribution < 1.29 is 14.2 Å². The molecule has 0 radical (unpaired) electrons. The molecule has 4 nitrogen and oxygen atoms in total. The molecular formula is C65H85NO3P2. The van der Waals surface area contributed by atoms with Crippen molar-refractivity contribution in [1.82, 2.24) is 5.32 Å². The fourth-order valence-electron chi connectivity index (χ4n) is 11.5. The second-order valence-electron chi connectivity index (χ2n) is 23.7. The summed E-state index contributed by atoms with van der Waals surface area (Å²) in [7, 11) is -1.16. The minimum Gasteiger partial charge on any atom is -0.493 e. The van der Waals surface area contributed by atoms with Crippen LogP contribution >= 0.6 is 15.8 Å². The van der Waals surface area contributed by atoms with E-state index in [4.69, 9.17) is 14.2 Å². The Morgan fingerprint density at radius 2 is 0.930 bits per heavy atom. The van der Waals surface area contributed by atoms with Gasteiger partial charge in [-0.3, -0.25) is 5.32 Å². The largest absolute Gasteiger partial charge is 0.493 e. The molecule has 0 saturated heterocycles. The van der Waals surface area contributed by atoms with Crippen LogP contribution in [-0.2, 0) is 27.9 Å². The summed E-state index contributed by atoms with van der Waals surface area (Å²) in [6.07, 6.45) is 7.61. The van der Waals surface area contributed by atoms with Crippen LogP contribution in [0.4, 0.5) is 0 Å². The van der Waals surface area contributed by atoms with E-state index >= 15 is 0 Å². The Kier molecular flexibility index (Phi) is 18.2. The molecule has 2 unspecified atom stereocenters. The molecule has 1 aliphatic carbocycles. The van der Waals surface area contributed by atoms with E-state index in [2.05, 4.69) is 229 Å². The summed E-state index contributed by atoms with van der Waals surface area (Å²) in [6.45, 7) is 32.7. The molecule has 0 spiro atoms. The van der Waals surface area contributed by atoms with Gasteiger partial charge in [0.25, 0.3) is 0 Å². The van der Waals surface area contributed by atoms with Crippen LogP contribution in [0.15, 0.2) is 133 Å². The molecule has 1 aliphatic rings. The Balaban J connectivity index is 0.962. The number of hydrogen-bond donors (Lipinski definition) is 1. The molecule has 0 heterocycles. The predicted octanol–water partition coefficient (Wildman–Crippen LogP) is 15.2. The second-order valence-corrected chi connectivity index (χ2v) is 28.1. The van der Waals surface area contributed by atoms with E-state index in [1.165, 1.54) is 72.1 Å². The molecule has 71 heavy (non-hydrogen) atoms. The van der Waals surface area contributed by atoms with Gasteiger partial charge in [0, 0.05) is 29.5 Å². The standard InChI is InChI=1S/C65H85NO3P2/c1-47-39-58(62(5,6)7)60(49(3)56(47)43-70(52-27-18-14-19-28-52)53-29-20-15-21-30-53)68-36-26-35-65(13)42-51(41-64(11,12)45-65)66-46-67-37-38-69-61-50(4)57(48(2)40-59(61)63(8,9)10)44-71(54-31-22-16-23-32-54)55-33-24-17-25-34-55/h14-25,27-34,39-40,51,66H,26,35-38,41-46H2,1-13H3. The molecule has 378 valence electrons. The molecule has 1 saturated carbocycles. The van der Waals surface area contributed by atoms with Gasteiger partial charge in [-0.25, -0.2) is 0 Å². The number of ether oxygens (including phenoxy) is 3. The van der Waals surface area contributed by atoms with E-state index in [0.29, 0.717) is 26.0 Å². The second kappa shape index (κ2) is 23.7. The van der Waals surface area contributed by atoms with E-state index in [0.717, 1.165) is 56.1 Å². The van der Waals surface area contributed by atoms with Crippen LogP contribution in [0.2, 0.25) is 0 Å². The molecule has 1 fully saturated rings. The van der Waals surface area contributed by atoms with Crippen molar-refractivity contribution in [3.05, 3.63) is 178 Å². The van der Waals surface area contributed by atoms with Crippen molar-refractivity contribution in [1.29, 1.82) is 0 Å². The first-order valence-electron chi connectivity index (χ1n) is 26.3. The zero-order valence-corrected chi connectivity index (χ0v) is 47.5. The smallest absolute Gasteiger partial charge is 0.126 e.